The fraction of sp³-hybridized carbons (Fsp3) is 0.816. The topological polar surface area (TPSA) is 177 Å². The molecule has 1 unspecified atom stereocenters. The highest BCUT2D eigenvalue weighted by atomic mass is 16.7. The van der Waals surface area contributed by atoms with Gasteiger partial charge in [0.15, 0.2) is 12.4 Å². The molecule has 4 aliphatic heterocycles. The number of carbonyl (C=O) groups excluding carboxylic acids is 3. The van der Waals surface area contributed by atoms with Crippen molar-refractivity contribution in [2.75, 3.05) is 20.3 Å². The number of hydrogen-bond acceptors (Lipinski definition) is 13. The maximum atomic E-state index is 13.3. The average molecular weight is 725 g/mol. The van der Waals surface area contributed by atoms with Crippen molar-refractivity contribution in [1.29, 1.82) is 0 Å². The SMILES string of the molecule is CCCCCCCC(=O)O[C@H]1C(=CC(=O)OC)C[C@H]2C[C@H](CO)OC(=O)C[C@H](O)CC3CCC[C@H](C[C@@H]4CCO[C@H](C=CC(C)(C)[C@]1(O)O2)O4)O3. The molecule has 9 atom stereocenters. The van der Waals surface area contributed by atoms with Gasteiger partial charge in [0, 0.05) is 30.8 Å². The number of carbonyl (C=O) groups is 3. The van der Waals surface area contributed by atoms with Gasteiger partial charge in [-0.05, 0) is 56.6 Å². The van der Waals surface area contributed by atoms with E-state index >= 15 is 0 Å². The smallest absolute Gasteiger partial charge is 0.330 e. The molecular formula is C38H60O13. The molecule has 4 heterocycles. The molecule has 6 bridgehead atoms. The van der Waals surface area contributed by atoms with Crippen LogP contribution in [0.25, 0.3) is 0 Å². The summed E-state index contributed by atoms with van der Waals surface area (Å²) in [5, 5.41) is 33.6. The van der Waals surface area contributed by atoms with E-state index in [1.54, 1.807) is 26.0 Å². The number of fused-ring (bicyclic) bond motifs is 6. The molecule has 3 saturated heterocycles. The van der Waals surface area contributed by atoms with Gasteiger partial charge in [0.1, 0.15) is 6.10 Å². The van der Waals surface area contributed by atoms with E-state index in [9.17, 15) is 29.7 Å². The van der Waals surface area contributed by atoms with Crippen molar-refractivity contribution in [3.63, 3.8) is 0 Å². The first-order valence-electron chi connectivity index (χ1n) is 18.8. The largest absolute Gasteiger partial charge is 0.466 e. The van der Waals surface area contributed by atoms with Crippen molar-refractivity contribution < 1.29 is 62.9 Å². The van der Waals surface area contributed by atoms with E-state index in [0.29, 0.717) is 25.9 Å². The molecule has 290 valence electrons. The van der Waals surface area contributed by atoms with Gasteiger partial charge in [-0.1, -0.05) is 52.5 Å². The number of rotatable bonds is 9. The summed E-state index contributed by atoms with van der Waals surface area (Å²) in [4.78, 5) is 38.9. The van der Waals surface area contributed by atoms with Crippen LogP contribution < -0.4 is 0 Å². The van der Waals surface area contributed by atoms with Gasteiger partial charge in [-0.3, -0.25) is 9.59 Å². The fourth-order valence-corrected chi connectivity index (χ4v) is 7.38. The summed E-state index contributed by atoms with van der Waals surface area (Å²) in [5.41, 5.74) is -1.04. The van der Waals surface area contributed by atoms with Crippen LogP contribution in [0.4, 0.5) is 0 Å². The second kappa shape index (κ2) is 19.6. The number of hydrogen-bond donors (Lipinski definition) is 3. The van der Waals surface area contributed by atoms with Gasteiger partial charge in [0.25, 0.3) is 0 Å². The van der Waals surface area contributed by atoms with Gasteiger partial charge in [-0.15, -0.1) is 0 Å². The number of aliphatic hydroxyl groups excluding tert-OH is 2. The summed E-state index contributed by atoms with van der Waals surface area (Å²) < 4.78 is 41.4. The number of esters is 3. The maximum absolute atomic E-state index is 13.3. The number of unbranched alkanes of at least 4 members (excludes halogenated alkanes) is 4. The minimum atomic E-state index is -2.25. The Labute approximate surface area is 302 Å². The molecule has 4 rings (SSSR count). The Hall–Kier alpha value is -2.39. The van der Waals surface area contributed by atoms with Crippen LogP contribution in [0.3, 0.4) is 0 Å². The van der Waals surface area contributed by atoms with E-state index in [1.807, 2.05) is 0 Å². The molecule has 0 aromatic carbocycles. The molecule has 0 aromatic heterocycles. The van der Waals surface area contributed by atoms with Crippen LogP contribution in [-0.2, 0) is 47.5 Å². The van der Waals surface area contributed by atoms with E-state index < -0.39 is 66.4 Å². The van der Waals surface area contributed by atoms with Gasteiger partial charge < -0.3 is 48.5 Å². The lowest BCUT2D eigenvalue weighted by Gasteiger charge is -2.51. The van der Waals surface area contributed by atoms with Gasteiger partial charge in [-0.25, -0.2) is 4.79 Å². The third-order valence-electron chi connectivity index (χ3n) is 10.3. The van der Waals surface area contributed by atoms with Crippen LogP contribution in [0, 0.1) is 5.41 Å². The first-order chi connectivity index (χ1) is 24.3. The molecule has 51 heavy (non-hydrogen) atoms. The second-order valence-corrected chi connectivity index (χ2v) is 15.0. The van der Waals surface area contributed by atoms with E-state index in [0.717, 1.165) is 44.9 Å². The Bertz CT molecular complexity index is 1200. The summed E-state index contributed by atoms with van der Waals surface area (Å²) in [5.74, 6) is -4.21. The number of ether oxygens (including phenoxy) is 7. The van der Waals surface area contributed by atoms with Crippen molar-refractivity contribution in [2.24, 2.45) is 5.41 Å². The van der Waals surface area contributed by atoms with Crippen molar-refractivity contribution in [2.45, 2.75) is 172 Å². The third-order valence-corrected chi connectivity index (χ3v) is 10.3. The highest BCUT2D eigenvalue weighted by Crippen LogP contribution is 2.47. The predicted molar refractivity (Wildman–Crippen MR) is 184 cm³/mol. The molecule has 3 N–H and O–H groups in total. The average Bonchev–Trinajstić information content (AvgIpc) is 3.08. The highest BCUT2D eigenvalue weighted by molar-refractivity contribution is 5.83. The lowest BCUT2D eigenvalue weighted by atomic mass is 9.74. The lowest BCUT2D eigenvalue weighted by Crippen LogP contribution is -2.62. The van der Waals surface area contributed by atoms with E-state index in [-0.39, 0.29) is 56.0 Å². The van der Waals surface area contributed by atoms with Crippen LogP contribution >= 0.6 is 0 Å². The van der Waals surface area contributed by atoms with Crippen LogP contribution in [0.15, 0.2) is 23.8 Å². The summed E-state index contributed by atoms with van der Waals surface area (Å²) in [6.45, 7) is 5.42. The summed E-state index contributed by atoms with van der Waals surface area (Å²) in [6, 6.07) is 0. The molecule has 0 amide bonds. The standard InChI is InChI=1S/C38H60O13/c1-5-6-7-8-9-13-32(41)50-36-25(19-33(42)45-4)18-30-23-31(24-39)48-34(43)21-26(40)20-27-11-10-12-28(47-27)22-29-15-17-46-35(49-29)14-16-37(2,3)38(36,44)51-30/h14,16,19,26-31,35-36,39-40,44H,5-13,15,17-18,20-24H2,1-4H3/t26-,27?,28-,29+,30+,31-,35+,36+,38-/m1/s1. The van der Waals surface area contributed by atoms with Crippen LogP contribution in [0.2, 0.25) is 0 Å². The van der Waals surface area contributed by atoms with Gasteiger partial charge >= 0.3 is 17.9 Å². The van der Waals surface area contributed by atoms with Crippen LogP contribution in [0.5, 0.6) is 0 Å². The van der Waals surface area contributed by atoms with Crippen molar-refractivity contribution in [1.82, 2.24) is 0 Å². The first-order valence-corrected chi connectivity index (χ1v) is 18.8. The van der Waals surface area contributed by atoms with Gasteiger partial charge in [0.05, 0.1) is 57.3 Å². The summed E-state index contributed by atoms with van der Waals surface area (Å²) in [7, 11) is 1.22. The van der Waals surface area contributed by atoms with Crippen LogP contribution in [0.1, 0.15) is 117 Å². The zero-order chi connectivity index (χ0) is 37.0. The molecular weight excluding hydrogens is 664 g/mol. The predicted octanol–water partition coefficient (Wildman–Crippen LogP) is 4.33. The van der Waals surface area contributed by atoms with Crippen LogP contribution in [-0.4, -0.2) is 108 Å². The second-order valence-electron chi connectivity index (χ2n) is 15.0. The molecule has 0 aliphatic carbocycles. The number of methoxy groups -OCH3 is 1. The molecule has 0 spiro atoms. The minimum Gasteiger partial charge on any atom is -0.466 e. The quantitative estimate of drug-likeness (QED) is 0.101. The first kappa shape index (κ1) is 41.4. The Balaban J connectivity index is 1.68. The van der Waals surface area contributed by atoms with E-state index in [4.69, 9.17) is 33.2 Å². The molecule has 0 aromatic rings. The van der Waals surface area contributed by atoms with Crippen molar-refractivity contribution >= 4 is 17.9 Å². The number of aliphatic hydroxyl groups is 3. The van der Waals surface area contributed by atoms with E-state index in [1.165, 1.54) is 13.2 Å². The molecule has 0 saturated carbocycles. The maximum Gasteiger partial charge on any atom is 0.330 e. The zero-order valence-electron chi connectivity index (χ0n) is 30.8. The Kier molecular flexibility index (Phi) is 15.9. The normalized spacial score (nSPS) is 35.7. The van der Waals surface area contributed by atoms with Crippen molar-refractivity contribution in [3.8, 4) is 0 Å². The Morgan fingerprint density at radius 2 is 1.71 bits per heavy atom. The summed E-state index contributed by atoms with van der Waals surface area (Å²) in [6.07, 6.45) is 7.50. The molecule has 13 heteroatoms. The van der Waals surface area contributed by atoms with E-state index in [2.05, 4.69) is 6.92 Å². The van der Waals surface area contributed by atoms with Gasteiger partial charge in [-0.2, -0.15) is 0 Å². The Morgan fingerprint density at radius 1 is 0.980 bits per heavy atom. The molecule has 4 aliphatic rings. The lowest BCUT2D eigenvalue weighted by molar-refractivity contribution is -0.327. The molecule has 3 fully saturated rings. The zero-order valence-corrected chi connectivity index (χ0v) is 30.8. The molecule has 13 nitrogen and oxygen atoms in total. The third kappa shape index (κ3) is 12.1. The minimum absolute atomic E-state index is 0.000953. The fourth-order valence-electron chi connectivity index (χ4n) is 7.38. The molecule has 0 radical (unpaired) electrons. The Morgan fingerprint density at radius 3 is 2.43 bits per heavy atom. The number of cyclic esters (lactones) is 1. The highest BCUT2D eigenvalue weighted by Gasteiger charge is 2.57. The summed E-state index contributed by atoms with van der Waals surface area (Å²) >= 11 is 0. The van der Waals surface area contributed by atoms with Crippen molar-refractivity contribution in [3.05, 3.63) is 23.8 Å². The van der Waals surface area contributed by atoms with Gasteiger partial charge in [0.2, 0.25) is 5.79 Å². The monoisotopic (exact) mass is 724 g/mol.